The molecule has 0 saturated carbocycles. The van der Waals surface area contributed by atoms with E-state index in [4.69, 9.17) is 0 Å². The summed E-state index contributed by atoms with van der Waals surface area (Å²) in [6, 6.07) is 12.0. The zero-order chi connectivity index (χ0) is 18.0. The lowest BCUT2D eigenvalue weighted by atomic mass is 10.1. The number of hydrogen-bond donors (Lipinski definition) is 1. The maximum Gasteiger partial charge on any atom is 0.239 e. The van der Waals surface area contributed by atoms with Gasteiger partial charge in [0, 0.05) is 17.9 Å². The molecule has 2 aromatic carbocycles. The molecule has 2 amide bonds. The first kappa shape index (κ1) is 17.1. The number of halogens is 1. The van der Waals surface area contributed by atoms with Crippen molar-refractivity contribution in [2.24, 2.45) is 5.92 Å². The fraction of sp³-hybridized carbons (Fsp3) is 0.300. The van der Waals surface area contributed by atoms with Crippen LogP contribution in [0.3, 0.4) is 0 Å². The standard InChI is InChI=1S/C20H21FN2O2/c1-3-14-4-7-16(8-5-14)23-11-10-17(20(23)25)19(24)22-18-9-6-15(21)12-13(18)2/h4-9,12,17H,3,10-11H2,1-2H3,(H,22,24)/t17-/m1/s1. The van der Waals surface area contributed by atoms with E-state index in [2.05, 4.69) is 12.2 Å². The van der Waals surface area contributed by atoms with Crippen LogP contribution in [-0.4, -0.2) is 18.4 Å². The van der Waals surface area contributed by atoms with Gasteiger partial charge in [0.25, 0.3) is 0 Å². The van der Waals surface area contributed by atoms with Crippen molar-refractivity contribution >= 4 is 23.2 Å². The third-order valence-corrected chi connectivity index (χ3v) is 4.62. The van der Waals surface area contributed by atoms with Crippen LogP contribution in [0.5, 0.6) is 0 Å². The van der Waals surface area contributed by atoms with Crippen molar-refractivity contribution in [1.82, 2.24) is 0 Å². The number of nitrogens with zero attached hydrogens (tertiary/aromatic N) is 1. The fourth-order valence-electron chi connectivity index (χ4n) is 3.08. The summed E-state index contributed by atoms with van der Waals surface area (Å²) in [5.74, 6) is -1.60. The van der Waals surface area contributed by atoms with E-state index in [0.717, 1.165) is 12.1 Å². The number of carbonyl (C=O) groups is 2. The van der Waals surface area contributed by atoms with E-state index in [0.29, 0.717) is 24.2 Å². The molecule has 0 unspecified atom stereocenters. The summed E-state index contributed by atoms with van der Waals surface area (Å²) < 4.78 is 13.2. The second-order valence-corrected chi connectivity index (χ2v) is 6.30. The number of amides is 2. The number of benzene rings is 2. The molecule has 1 atom stereocenters. The number of nitrogens with one attached hydrogen (secondary N) is 1. The predicted molar refractivity (Wildman–Crippen MR) is 96.0 cm³/mol. The Morgan fingerprint density at radius 1 is 1.24 bits per heavy atom. The van der Waals surface area contributed by atoms with Gasteiger partial charge in [0.2, 0.25) is 11.8 Å². The van der Waals surface area contributed by atoms with Crippen LogP contribution in [0.2, 0.25) is 0 Å². The van der Waals surface area contributed by atoms with Gasteiger partial charge in [0.1, 0.15) is 11.7 Å². The van der Waals surface area contributed by atoms with Crippen LogP contribution in [0.4, 0.5) is 15.8 Å². The summed E-state index contributed by atoms with van der Waals surface area (Å²) in [6.07, 6.45) is 1.41. The number of carbonyl (C=O) groups excluding carboxylic acids is 2. The molecule has 0 aliphatic carbocycles. The summed E-state index contributed by atoms with van der Waals surface area (Å²) in [6.45, 7) is 4.31. The maximum atomic E-state index is 13.2. The largest absolute Gasteiger partial charge is 0.325 e. The molecule has 1 N–H and O–H groups in total. The van der Waals surface area contributed by atoms with Crippen molar-refractivity contribution < 1.29 is 14.0 Å². The number of aryl methyl sites for hydroxylation is 2. The maximum absolute atomic E-state index is 13.2. The van der Waals surface area contributed by atoms with Crippen molar-refractivity contribution in [2.75, 3.05) is 16.8 Å². The molecule has 1 fully saturated rings. The van der Waals surface area contributed by atoms with E-state index in [1.54, 1.807) is 11.8 Å². The Labute approximate surface area is 146 Å². The smallest absolute Gasteiger partial charge is 0.239 e. The van der Waals surface area contributed by atoms with Gasteiger partial charge in [0.15, 0.2) is 0 Å². The van der Waals surface area contributed by atoms with Gasteiger partial charge < -0.3 is 10.2 Å². The van der Waals surface area contributed by atoms with Gasteiger partial charge >= 0.3 is 0 Å². The predicted octanol–water partition coefficient (Wildman–Crippen LogP) is 3.69. The quantitative estimate of drug-likeness (QED) is 0.863. The minimum absolute atomic E-state index is 0.193. The second kappa shape index (κ2) is 7.05. The molecular weight excluding hydrogens is 319 g/mol. The highest BCUT2D eigenvalue weighted by molar-refractivity contribution is 6.13. The zero-order valence-electron chi connectivity index (χ0n) is 14.4. The Morgan fingerprint density at radius 3 is 2.60 bits per heavy atom. The molecule has 2 aromatic rings. The van der Waals surface area contributed by atoms with Crippen molar-refractivity contribution in [3.63, 3.8) is 0 Å². The molecule has 0 bridgehead atoms. The first-order valence-electron chi connectivity index (χ1n) is 8.47. The molecule has 0 aromatic heterocycles. The van der Waals surface area contributed by atoms with Gasteiger partial charge in [-0.1, -0.05) is 19.1 Å². The lowest BCUT2D eigenvalue weighted by Gasteiger charge is -2.17. The van der Waals surface area contributed by atoms with Gasteiger partial charge in [-0.3, -0.25) is 9.59 Å². The Morgan fingerprint density at radius 2 is 1.96 bits per heavy atom. The minimum Gasteiger partial charge on any atom is -0.325 e. The lowest BCUT2D eigenvalue weighted by Crippen LogP contribution is -2.33. The summed E-state index contributed by atoms with van der Waals surface area (Å²) in [7, 11) is 0. The molecule has 1 saturated heterocycles. The van der Waals surface area contributed by atoms with Crippen LogP contribution in [0.25, 0.3) is 0 Å². The molecule has 130 valence electrons. The van der Waals surface area contributed by atoms with Crippen LogP contribution in [0.1, 0.15) is 24.5 Å². The fourth-order valence-corrected chi connectivity index (χ4v) is 3.08. The second-order valence-electron chi connectivity index (χ2n) is 6.30. The average Bonchev–Trinajstić information content (AvgIpc) is 2.99. The van der Waals surface area contributed by atoms with E-state index < -0.39 is 5.92 Å². The highest BCUT2D eigenvalue weighted by Gasteiger charge is 2.37. The minimum atomic E-state index is -0.713. The molecule has 1 heterocycles. The molecule has 4 nitrogen and oxygen atoms in total. The van der Waals surface area contributed by atoms with E-state index in [1.165, 1.54) is 23.8 Å². The van der Waals surface area contributed by atoms with Crippen LogP contribution >= 0.6 is 0 Å². The Hall–Kier alpha value is -2.69. The number of rotatable bonds is 4. The van der Waals surface area contributed by atoms with Crippen molar-refractivity contribution in [2.45, 2.75) is 26.7 Å². The van der Waals surface area contributed by atoms with E-state index in [9.17, 15) is 14.0 Å². The van der Waals surface area contributed by atoms with Gasteiger partial charge in [-0.2, -0.15) is 0 Å². The van der Waals surface area contributed by atoms with E-state index in [-0.39, 0.29) is 17.6 Å². The number of anilines is 2. The van der Waals surface area contributed by atoms with Crippen molar-refractivity contribution in [3.8, 4) is 0 Å². The first-order chi connectivity index (χ1) is 12.0. The third kappa shape index (κ3) is 3.55. The summed E-state index contributed by atoms with van der Waals surface area (Å²) in [5.41, 5.74) is 3.18. The molecule has 0 radical (unpaired) electrons. The Kier molecular flexibility index (Phi) is 4.83. The normalized spacial score (nSPS) is 17.0. The van der Waals surface area contributed by atoms with E-state index >= 15 is 0 Å². The molecule has 5 heteroatoms. The highest BCUT2D eigenvalue weighted by atomic mass is 19.1. The van der Waals surface area contributed by atoms with Crippen LogP contribution < -0.4 is 10.2 Å². The summed E-state index contributed by atoms with van der Waals surface area (Å²) in [4.78, 5) is 26.8. The van der Waals surface area contributed by atoms with Gasteiger partial charge in [-0.15, -0.1) is 0 Å². The van der Waals surface area contributed by atoms with Crippen molar-refractivity contribution in [3.05, 3.63) is 59.4 Å². The average molecular weight is 340 g/mol. The highest BCUT2D eigenvalue weighted by Crippen LogP contribution is 2.27. The lowest BCUT2D eigenvalue weighted by molar-refractivity contribution is -0.129. The van der Waals surface area contributed by atoms with Crippen molar-refractivity contribution in [1.29, 1.82) is 0 Å². The van der Waals surface area contributed by atoms with Gasteiger partial charge in [-0.25, -0.2) is 4.39 Å². The molecule has 1 aliphatic rings. The SMILES string of the molecule is CCc1ccc(N2CC[C@H](C(=O)Nc3ccc(F)cc3C)C2=O)cc1. The van der Waals surface area contributed by atoms with Crippen LogP contribution in [0, 0.1) is 18.7 Å². The third-order valence-electron chi connectivity index (χ3n) is 4.62. The first-order valence-corrected chi connectivity index (χ1v) is 8.47. The summed E-state index contributed by atoms with van der Waals surface area (Å²) in [5, 5.41) is 2.75. The molecule has 25 heavy (non-hydrogen) atoms. The molecule has 3 rings (SSSR count). The molecule has 0 spiro atoms. The Bertz CT molecular complexity index is 802. The van der Waals surface area contributed by atoms with E-state index in [1.807, 2.05) is 24.3 Å². The summed E-state index contributed by atoms with van der Waals surface area (Å²) >= 11 is 0. The van der Waals surface area contributed by atoms with Crippen LogP contribution in [0.15, 0.2) is 42.5 Å². The topological polar surface area (TPSA) is 49.4 Å². The van der Waals surface area contributed by atoms with Gasteiger partial charge in [0.05, 0.1) is 0 Å². The number of hydrogen-bond acceptors (Lipinski definition) is 2. The Balaban J connectivity index is 1.71. The molecular formula is C20H21FN2O2. The monoisotopic (exact) mass is 340 g/mol. The van der Waals surface area contributed by atoms with Crippen LogP contribution in [-0.2, 0) is 16.0 Å². The van der Waals surface area contributed by atoms with Gasteiger partial charge in [-0.05, 0) is 61.2 Å². The zero-order valence-corrected chi connectivity index (χ0v) is 14.4. The molecule has 1 aliphatic heterocycles.